The molecule has 7 nitrogen and oxygen atoms in total. The molecule has 1 fully saturated rings. The van der Waals surface area contributed by atoms with Crippen molar-refractivity contribution in [3.63, 3.8) is 0 Å². The summed E-state index contributed by atoms with van der Waals surface area (Å²) in [5, 5.41) is 5.52. The number of likely N-dealkylation sites (N-methyl/N-ethyl adjacent to an activating group) is 1. The number of anilines is 1. The Kier molecular flexibility index (Phi) is 5.56. The van der Waals surface area contributed by atoms with Crippen molar-refractivity contribution in [1.82, 2.24) is 10.2 Å². The van der Waals surface area contributed by atoms with Crippen LogP contribution in [0.2, 0.25) is 0 Å². The van der Waals surface area contributed by atoms with Gasteiger partial charge >= 0.3 is 12.0 Å². The molecule has 1 aromatic rings. The van der Waals surface area contributed by atoms with Crippen molar-refractivity contribution in [3.8, 4) is 0 Å². The maximum Gasteiger partial charge on any atom is 0.325 e. The van der Waals surface area contributed by atoms with Gasteiger partial charge in [-0.05, 0) is 44.0 Å². The van der Waals surface area contributed by atoms with Gasteiger partial charge in [0.2, 0.25) is 0 Å². The van der Waals surface area contributed by atoms with E-state index in [-0.39, 0.29) is 31.1 Å². The number of benzene rings is 1. The number of carbonyl (C=O) groups is 3. The van der Waals surface area contributed by atoms with E-state index in [1.165, 1.54) is 11.9 Å². The molecule has 2 N–H and O–H groups in total. The highest BCUT2D eigenvalue weighted by molar-refractivity contribution is 5.96. The molecule has 0 atom stereocenters. The number of carbonyl (C=O) groups excluding carboxylic acids is 3. The zero-order valence-electron chi connectivity index (χ0n) is 13.3. The first-order valence-corrected chi connectivity index (χ1v) is 7.58. The van der Waals surface area contributed by atoms with Gasteiger partial charge in [0.1, 0.15) is 6.54 Å². The topological polar surface area (TPSA) is 87.7 Å². The molecule has 0 spiro atoms. The Balaban J connectivity index is 1.88. The van der Waals surface area contributed by atoms with E-state index >= 15 is 0 Å². The Labute approximate surface area is 135 Å². The summed E-state index contributed by atoms with van der Waals surface area (Å²) in [6, 6.07) is 6.56. The zero-order chi connectivity index (χ0) is 16.8. The smallest absolute Gasteiger partial charge is 0.325 e. The molecule has 0 saturated heterocycles. The highest BCUT2D eigenvalue weighted by atomic mass is 16.5. The minimum atomic E-state index is -0.446. The molecule has 0 heterocycles. The molecule has 1 aliphatic carbocycles. The quantitative estimate of drug-likeness (QED) is 0.780. The van der Waals surface area contributed by atoms with Crippen molar-refractivity contribution in [2.24, 2.45) is 0 Å². The summed E-state index contributed by atoms with van der Waals surface area (Å²) >= 11 is 0. The van der Waals surface area contributed by atoms with Gasteiger partial charge in [-0.1, -0.05) is 0 Å². The third kappa shape index (κ3) is 5.28. The van der Waals surface area contributed by atoms with Gasteiger partial charge in [-0.2, -0.15) is 0 Å². The number of urea groups is 1. The molecule has 0 bridgehead atoms. The van der Waals surface area contributed by atoms with Gasteiger partial charge in [-0.3, -0.25) is 9.59 Å². The largest absolute Gasteiger partial charge is 0.465 e. The van der Waals surface area contributed by atoms with Crippen molar-refractivity contribution in [1.29, 1.82) is 0 Å². The van der Waals surface area contributed by atoms with E-state index < -0.39 is 5.97 Å². The number of hydrogen-bond donors (Lipinski definition) is 2. The Morgan fingerprint density at radius 1 is 1.22 bits per heavy atom. The third-order valence-electron chi connectivity index (χ3n) is 3.32. The first kappa shape index (κ1) is 16.8. The third-order valence-corrected chi connectivity index (χ3v) is 3.32. The lowest BCUT2D eigenvalue weighted by atomic mass is 10.2. The summed E-state index contributed by atoms with van der Waals surface area (Å²) in [4.78, 5) is 36.5. The fourth-order valence-corrected chi connectivity index (χ4v) is 1.97. The van der Waals surface area contributed by atoms with Gasteiger partial charge in [0, 0.05) is 24.3 Å². The van der Waals surface area contributed by atoms with E-state index in [1.807, 2.05) is 0 Å². The van der Waals surface area contributed by atoms with Crippen molar-refractivity contribution in [2.75, 3.05) is 25.5 Å². The van der Waals surface area contributed by atoms with Crippen molar-refractivity contribution >= 4 is 23.6 Å². The Bertz CT molecular complexity index is 581. The van der Waals surface area contributed by atoms with Crippen molar-refractivity contribution < 1.29 is 19.1 Å². The number of hydrogen-bond acceptors (Lipinski definition) is 4. The minimum Gasteiger partial charge on any atom is -0.465 e. The molecule has 3 amide bonds. The molecule has 2 rings (SSSR count). The minimum absolute atomic E-state index is 0.101. The second-order valence-corrected chi connectivity index (χ2v) is 5.42. The van der Waals surface area contributed by atoms with Crippen LogP contribution in [0.3, 0.4) is 0 Å². The first-order chi connectivity index (χ1) is 11.0. The van der Waals surface area contributed by atoms with E-state index in [9.17, 15) is 14.4 Å². The molecule has 7 heteroatoms. The summed E-state index contributed by atoms with van der Waals surface area (Å²) in [5.74, 6) is -0.731. The molecule has 0 aliphatic heterocycles. The van der Waals surface area contributed by atoms with Crippen LogP contribution >= 0.6 is 0 Å². The maximum atomic E-state index is 12.2. The van der Waals surface area contributed by atoms with Crippen molar-refractivity contribution in [2.45, 2.75) is 25.8 Å². The Hall–Kier alpha value is -2.57. The second kappa shape index (κ2) is 7.62. The first-order valence-electron chi connectivity index (χ1n) is 7.58. The van der Waals surface area contributed by atoms with Crippen LogP contribution in [0.4, 0.5) is 10.5 Å². The lowest BCUT2D eigenvalue weighted by Gasteiger charge is -2.16. The predicted molar refractivity (Wildman–Crippen MR) is 85.2 cm³/mol. The van der Waals surface area contributed by atoms with Crippen molar-refractivity contribution in [3.05, 3.63) is 29.8 Å². The number of nitrogens with zero attached hydrogens (tertiary/aromatic N) is 1. The second-order valence-electron chi connectivity index (χ2n) is 5.42. The molecule has 0 radical (unpaired) electrons. The molecule has 1 saturated carbocycles. The highest BCUT2D eigenvalue weighted by Crippen LogP contribution is 2.19. The summed E-state index contributed by atoms with van der Waals surface area (Å²) < 4.78 is 4.81. The highest BCUT2D eigenvalue weighted by Gasteiger charge is 2.23. The summed E-state index contributed by atoms with van der Waals surface area (Å²) in [5.41, 5.74) is 1.04. The molecular weight excluding hydrogens is 298 g/mol. The summed E-state index contributed by atoms with van der Waals surface area (Å²) in [7, 11) is 1.54. The van der Waals surface area contributed by atoms with E-state index in [2.05, 4.69) is 10.6 Å². The molecule has 0 aromatic heterocycles. The lowest BCUT2D eigenvalue weighted by Crippen LogP contribution is -2.33. The Morgan fingerprint density at radius 2 is 1.87 bits per heavy atom. The fourth-order valence-electron chi connectivity index (χ4n) is 1.97. The van der Waals surface area contributed by atoms with Crippen LogP contribution in [0, 0.1) is 0 Å². The molecular formula is C16H21N3O4. The Morgan fingerprint density at radius 3 is 2.43 bits per heavy atom. The molecule has 1 aromatic carbocycles. The summed E-state index contributed by atoms with van der Waals surface area (Å²) in [6.45, 7) is 1.89. The molecule has 0 unspecified atom stereocenters. The van der Waals surface area contributed by atoms with Crippen LogP contribution in [0.1, 0.15) is 30.1 Å². The number of rotatable bonds is 6. The van der Waals surface area contributed by atoms with Gasteiger partial charge in [-0.15, -0.1) is 0 Å². The standard InChI is InChI=1S/C16H21N3O4/c1-3-23-14(20)10-19(2)15(21)11-4-6-12(7-5-11)17-16(22)18-13-8-9-13/h4-7,13H,3,8-10H2,1-2H3,(H2,17,18,22). The fraction of sp³-hybridized carbons (Fsp3) is 0.438. The number of esters is 1. The number of amides is 3. The SMILES string of the molecule is CCOC(=O)CN(C)C(=O)c1ccc(NC(=O)NC2CC2)cc1. The maximum absolute atomic E-state index is 12.2. The van der Waals surface area contributed by atoms with Crippen LogP contribution in [-0.4, -0.2) is 49.0 Å². The molecule has 124 valence electrons. The van der Waals surface area contributed by atoms with Gasteiger partial charge in [0.15, 0.2) is 0 Å². The summed E-state index contributed by atoms with van der Waals surface area (Å²) in [6.07, 6.45) is 2.04. The zero-order valence-corrected chi connectivity index (χ0v) is 13.3. The number of nitrogens with one attached hydrogen (secondary N) is 2. The van der Waals surface area contributed by atoms with Crippen LogP contribution in [0.5, 0.6) is 0 Å². The average Bonchev–Trinajstić information content (AvgIpc) is 3.31. The molecule has 23 heavy (non-hydrogen) atoms. The van der Waals surface area contributed by atoms with Crippen LogP contribution in [-0.2, 0) is 9.53 Å². The van der Waals surface area contributed by atoms with Crippen LogP contribution in [0.15, 0.2) is 24.3 Å². The number of ether oxygens (including phenoxy) is 1. The van der Waals surface area contributed by atoms with E-state index in [0.29, 0.717) is 11.3 Å². The normalized spacial score (nSPS) is 13.1. The van der Waals surface area contributed by atoms with Gasteiger partial charge in [0.05, 0.1) is 6.61 Å². The van der Waals surface area contributed by atoms with Crippen LogP contribution in [0.25, 0.3) is 0 Å². The van der Waals surface area contributed by atoms with E-state index in [1.54, 1.807) is 31.2 Å². The van der Waals surface area contributed by atoms with Gasteiger partial charge in [0.25, 0.3) is 5.91 Å². The average molecular weight is 319 g/mol. The van der Waals surface area contributed by atoms with E-state index in [0.717, 1.165) is 12.8 Å². The van der Waals surface area contributed by atoms with Crippen LogP contribution < -0.4 is 10.6 Å². The van der Waals surface area contributed by atoms with E-state index in [4.69, 9.17) is 4.74 Å². The van der Waals surface area contributed by atoms with Gasteiger partial charge in [-0.25, -0.2) is 4.79 Å². The molecule has 1 aliphatic rings. The monoisotopic (exact) mass is 319 g/mol. The van der Waals surface area contributed by atoms with Gasteiger partial charge < -0.3 is 20.3 Å². The predicted octanol–water partition coefficient (Wildman–Crippen LogP) is 1.61. The lowest BCUT2D eigenvalue weighted by molar-refractivity contribution is -0.143.